The van der Waals surface area contributed by atoms with Gasteiger partial charge in [0.1, 0.15) is 5.76 Å². The van der Waals surface area contributed by atoms with E-state index in [0.29, 0.717) is 23.3 Å². The minimum Gasteiger partial charge on any atom is -0.507 e. The van der Waals surface area contributed by atoms with Gasteiger partial charge in [-0.3, -0.25) is 9.59 Å². The van der Waals surface area contributed by atoms with Crippen molar-refractivity contribution in [2.24, 2.45) is 5.92 Å². The largest absolute Gasteiger partial charge is 0.507 e. The third-order valence-electron chi connectivity index (χ3n) is 5.54. The maximum atomic E-state index is 12.6. The molecule has 2 aromatic rings. The number of ether oxygens (including phenoxy) is 1. The Morgan fingerprint density at radius 1 is 0.815 bits per heavy atom. The number of rotatable bonds is 4. The quantitative estimate of drug-likeness (QED) is 0.814. The number of carbonyl (C=O) groups is 2. The van der Waals surface area contributed by atoms with Gasteiger partial charge < -0.3 is 9.84 Å². The molecule has 2 aliphatic carbocycles. The summed E-state index contributed by atoms with van der Waals surface area (Å²) in [5, 5.41) is 10.7. The summed E-state index contributed by atoms with van der Waals surface area (Å²) in [4.78, 5) is 25.0. The smallest absolute Gasteiger partial charge is 0.234 e. The molecule has 4 heteroatoms. The second-order valence-electron chi connectivity index (χ2n) is 7.24. The Labute approximate surface area is 158 Å². The molecular weight excluding hydrogens is 340 g/mol. The predicted molar refractivity (Wildman–Crippen MR) is 102 cm³/mol. The molecule has 2 aromatic carbocycles. The number of aliphatic hydroxyl groups excluding tert-OH is 1. The predicted octanol–water partition coefficient (Wildman–Crippen LogP) is 4.50. The third-order valence-corrected chi connectivity index (χ3v) is 5.54. The number of ketones is 2. The van der Waals surface area contributed by atoms with Crippen molar-refractivity contribution in [3.63, 3.8) is 0 Å². The zero-order chi connectivity index (χ0) is 18.8. The summed E-state index contributed by atoms with van der Waals surface area (Å²) >= 11 is 0. The number of allylic oxidation sites excluding steroid dienone is 1. The lowest BCUT2D eigenvalue weighted by Gasteiger charge is -2.31. The van der Waals surface area contributed by atoms with Gasteiger partial charge in [0.25, 0.3) is 0 Å². The van der Waals surface area contributed by atoms with E-state index in [-0.39, 0.29) is 17.8 Å². The third kappa shape index (κ3) is 3.45. The van der Waals surface area contributed by atoms with Crippen molar-refractivity contribution < 1.29 is 19.4 Å². The van der Waals surface area contributed by atoms with Crippen LogP contribution in [0.2, 0.25) is 0 Å². The molecule has 0 saturated heterocycles. The molecule has 0 aliphatic heterocycles. The maximum Gasteiger partial charge on any atom is 0.234 e. The molecule has 1 saturated carbocycles. The van der Waals surface area contributed by atoms with Crippen LogP contribution >= 0.6 is 0 Å². The van der Waals surface area contributed by atoms with E-state index in [1.165, 1.54) is 0 Å². The number of aliphatic hydroxyl groups is 1. The first-order valence-electron chi connectivity index (χ1n) is 9.42. The molecule has 0 aromatic heterocycles. The molecule has 0 atom stereocenters. The lowest BCUT2D eigenvalue weighted by atomic mass is 9.76. The number of benzene rings is 2. The van der Waals surface area contributed by atoms with Crippen LogP contribution in [0.15, 0.2) is 60.2 Å². The molecule has 0 heterocycles. The number of Topliss-reactive ketones (excluding diaryl/α,β-unsaturated/α-hetero) is 2. The van der Waals surface area contributed by atoms with Gasteiger partial charge >= 0.3 is 0 Å². The van der Waals surface area contributed by atoms with Crippen molar-refractivity contribution in [1.29, 1.82) is 0 Å². The number of hydrogen-bond acceptors (Lipinski definition) is 4. The Kier molecular flexibility index (Phi) is 4.90. The summed E-state index contributed by atoms with van der Waals surface area (Å²) in [6.45, 7) is 0.578. The maximum absolute atomic E-state index is 12.6. The van der Waals surface area contributed by atoms with Crippen molar-refractivity contribution in [2.45, 2.75) is 38.4 Å². The Morgan fingerprint density at radius 2 is 1.44 bits per heavy atom. The van der Waals surface area contributed by atoms with Gasteiger partial charge in [-0.05, 0) is 37.2 Å². The average molecular weight is 362 g/mol. The van der Waals surface area contributed by atoms with E-state index in [9.17, 15) is 14.7 Å². The molecule has 4 nitrogen and oxygen atoms in total. The second-order valence-corrected chi connectivity index (χ2v) is 7.24. The standard InChI is InChI=1S/C23H22O4/c24-21-18-8-4-5-9-19(18)22(25)23(26)20(21)16-10-12-17(13-11-16)27-14-15-6-2-1-3-7-15/h1-9,16-17,24H,10-14H2. The fourth-order valence-corrected chi connectivity index (χ4v) is 4.07. The van der Waals surface area contributed by atoms with Crippen LogP contribution in [0.25, 0.3) is 5.76 Å². The Morgan fingerprint density at radius 3 is 2.15 bits per heavy atom. The minimum atomic E-state index is -0.556. The highest BCUT2D eigenvalue weighted by atomic mass is 16.5. The summed E-state index contributed by atoms with van der Waals surface area (Å²) in [6, 6.07) is 16.8. The van der Waals surface area contributed by atoms with Crippen LogP contribution in [0.5, 0.6) is 0 Å². The molecule has 2 aliphatic rings. The summed E-state index contributed by atoms with van der Waals surface area (Å²) in [5.74, 6) is -1.18. The zero-order valence-corrected chi connectivity index (χ0v) is 15.1. The highest BCUT2D eigenvalue weighted by molar-refractivity contribution is 6.52. The summed E-state index contributed by atoms with van der Waals surface area (Å²) in [6.07, 6.45) is 3.25. The fourth-order valence-electron chi connectivity index (χ4n) is 4.07. The molecular formula is C23H22O4. The molecule has 0 bridgehead atoms. The number of hydrogen-bond donors (Lipinski definition) is 1. The number of fused-ring (bicyclic) bond motifs is 1. The van der Waals surface area contributed by atoms with Gasteiger partial charge in [-0.25, -0.2) is 0 Å². The van der Waals surface area contributed by atoms with E-state index in [2.05, 4.69) is 0 Å². The van der Waals surface area contributed by atoms with E-state index >= 15 is 0 Å². The molecule has 0 spiro atoms. The first kappa shape index (κ1) is 17.7. The summed E-state index contributed by atoms with van der Waals surface area (Å²) < 4.78 is 6.01. The van der Waals surface area contributed by atoms with Crippen LogP contribution < -0.4 is 0 Å². The highest BCUT2D eigenvalue weighted by Gasteiger charge is 2.38. The van der Waals surface area contributed by atoms with Gasteiger partial charge in [-0.2, -0.15) is 0 Å². The Balaban J connectivity index is 1.45. The SMILES string of the molecule is O=C1C(=O)c2ccccc2C(O)=C1C1CCC(OCc2ccccc2)CC1. The van der Waals surface area contributed by atoms with E-state index in [0.717, 1.165) is 31.2 Å². The van der Waals surface area contributed by atoms with Crippen LogP contribution in [0.4, 0.5) is 0 Å². The van der Waals surface area contributed by atoms with Crippen molar-refractivity contribution in [2.75, 3.05) is 0 Å². The van der Waals surface area contributed by atoms with Crippen LogP contribution in [-0.4, -0.2) is 22.8 Å². The number of carbonyl (C=O) groups excluding carboxylic acids is 2. The lowest BCUT2D eigenvalue weighted by Crippen LogP contribution is -2.31. The molecule has 27 heavy (non-hydrogen) atoms. The van der Waals surface area contributed by atoms with E-state index in [1.54, 1.807) is 24.3 Å². The molecule has 1 N–H and O–H groups in total. The molecule has 138 valence electrons. The minimum absolute atomic E-state index is 0.0242. The topological polar surface area (TPSA) is 63.6 Å². The van der Waals surface area contributed by atoms with E-state index in [1.807, 2.05) is 30.3 Å². The molecule has 1 fully saturated rings. The molecule has 4 rings (SSSR count). The van der Waals surface area contributed by atoms with E-state index < -0.39 is 11.6 Å². The van der Waals surface area contributed by atoms with Gasteiger partial charge in [0.05, 0.1) is 12.7 Å². The van der Waals surface area contributed by atoms with Crippen molar-refractivity contribution in [1.82, 2.24) is 0 Å². The Hall–Kier alpha value is -2.72. The van der Waals surface area contributed by atoms with Crippen molar-refractivity contribution in [3.05, 3.63) is 76.9 Å². The van der Waals surface area contributed by atoms with Crippen LogP contribution in [-0.2, 0) is 16.1 Å². The molecule has 0 amide bonds. The normalized spacial score (nSPS) is 22.7. The van der Waals surface area contributed by atoms with E-state index in [4.69, 9.17) is 4.74 Å². The van der Waals surface area contributed by atoms with Crippen LogP contribution in [0.1, 0.15) is 47.2 Å². The summed E-state index contributed by atoms with van der Waals surface area (Å²) in [7, 11) is 0. The van der Waals surface area contributed by atoms with Gasteiger partial charge in [-0.15, -0.1) is 0 Å². The average Bonchev–Trinajstić information content (AvgIpc) is 2.72. The lowest BCUT2D eigenvalue weighted by molar-refractivity contribution is -0.112. The van der Waals surface area contributed by atoms with Gasteiger partial charge in [0.15, 0.2) is 0 Å². The monoisotopic (exact) mass is 362 g/mol. The zero-order valence-electron chi connectivity index (χ0n) is 15.1. The van der Waals surface area contributed by atoms with Gasteiger partial charge in [0.2, 0.25) is 11.6 Å². The Bertz CT molecular complexity index is 890. The van der Waals surface area contributed by atoms with Crippen molar-refractivity contribution in [3.8, 4) is 0 Å². The van der Waals surface area contributed by atoms with Gasteiger partial charge in [-0.1, -0.05) is 54.6 Å². The first-order chi connectivity index (χ1) is 13.1. The van der Waals surface area contributed by atoms with Crippen molar-refractivity contribution >= 4 is 17.3 Å². The van der Waals surface area contributed by atoms with Crippen LogP contribution in [0, 0.1) is 5.92 Å². The molecule has 0 radical (unpaired) electrons. The highest BCUT2D eigenvalue weighted by Crippen LogP contribution is 2.38. The first-order valence-corrected chi connectivity index (χ1v) is 9.42. The van der Waals surface area contributed by atoms with Crippen LogP contribution in [0.3, 0.4) is 0 Å². The summed E-state index contributed by atoms with van der Waals surface area (Å²) in [5.41, 5.74) is 2.20. The van der Waals surface area contributed by atoms with Gasteiger partial charge in [0, 0.05) is 16.7 Å². The second kappa shape index (κ2) is 7.49. The fraction of sp³-hybridized carbons (Fsp3) is 0.304. The molecule has 0 unspecified atom stereocenters.